The molecule has 1 heterocycles. The molecule has 1 aromatic rings. The smallest absolute Gasteiger partial charge is 0.311 e. The van der Waals surface area contributed by atoms with Crippen molar-refractivity contribution in [3.63, 3.8) is 0 Å². The molecule has 0 aliphatic rings. The lowest BCUT2D eigenvalue weighted by Crippen LogP contribution is -2.10. The topological polar surface area (TPSA) is 39.2 Å². The van der Waals surface area contributed by atoms with Gasteiger partial charge in [0.15, 0.2) is 5.82 Å². The first-order valence-corrected chi connectivity index (χ1v) is 4.94. The van der Waals surface area contributed by atoms with Gasteiger partial charge in [-0.25, -0.2) is 13.2 Å². The Hall–Kier alpha value is -1.11. The van der Waals surface area contributed by atoms with Crippen molar-refractivity contribution in [3.05, 3.63) is 27.7 Å². The summed E-state index contributed by atoms with van der Waals surface area (Å²) < 4.78 is 42.2. The maximum atomic E-state index is 13.0. The number of hydrogen-bond donors (Lipinski definition) is 0. The summed E-state index contributed by atoms with van der Waals surface area (Å²) in [7, 11) is 1.13. The van der Waals surface area contributed by atoms with E-state index in [-0.39, 0.29) is 10.2 Å². The van der Waals surface area contributed by atoms with Gasteiger partial charge in [0.05, 0.1) is 35.5 Å². The summed E-state index contributed by atoms with van der Waals surface area (Å²) in [5, 5.41) is 0. The first-order chi connectivity index (χ1) is 7.47. The Balaban J connectivity index is 3.18. The van der Waals surface area contributed by atoms with Gasteiger partial charge < -0.3 is 4.74 Å². The van der Waals surface area contributed by atoms with Crippen LogP contribution in [0.2, 0.25) is 0 Å². The van der Waals surface area contributed by atoms with Crippen LogP contribution in [0.1, 0.15) is 17.7 Å². The van der Waals surface area contributed by atoms with Crippen molar-refractivity contribution in [1.82, 2.24) is 4.98 Å². The third-order valence-electron chi connectivity index (χ3n) is 1.85. The molecule has 0 saturated heterocycles. The lowest BCUT2D eigenvalue weighted by Gasteiger charge is -2.09. The number of rotatable bonds is 3. The molecule has 0 unspecified atom stereocenters. The summed E-state index contributed by atoms with van der Waals surface area (Å²) in [6.45, 7) is 0. The molecule has 0 aliphatic carbocycles. The number of methoxy groups -OCH3 is 1. The molecule has 0 aliphatic heterocycles. The van der Waals surface area contributed by atoms with Crippen LogP contribution < -0.4 is 0 Å². The van der Waals surface area contributed by atoms with Gasteiger partial charge in [-0.15, -0.1) is 0 Å². The summed E-state index contributed by atoms with van der Waals surface area (Å²) in [4.78, 5) is 14.4. The van der Waals surface area contributed by atoms with Crippen LogP contribution in [0.25, 0.3) is 0 Å². The molecule has 7 heteroatoms. The van der Waals surface area contributed by atoms with Gasteiger partial charge >= 0.3 is 5.97 Å². The molecule has 88 valence electrons. The van der Waals surface area contributed by atoms with Gasteiger partial charge in [-0.1, -0.05) is 0 Å². The van der Waals surface area contributed by atoms with E-state index in [1.807, 2.05) is 0 Å². The van der Waals surface area contributed by atoms with Crippen LogP contribution in [-0.2, 0) is 16.0 Å². The van der Waals surface area contributed by atoms with Crippen LogP contribution in [0, 0.1) is 5.82 Å². The summed E-state index contributed by atoms with van der Waals surface area (Å²) >= 11 is 2.70. The number of carbonyl (C=O) groups excluding carboxylic acids is 1. The Bertz CT molecular complexity index is 412. The lowest BCUT2D eigenvalue weighted by molar-refractivity contribution is -0.139. The Morgan fingerprint density at radius 3 is 2.75 bits per heavy atom. The van der Waals surface area contributed by atoms with Crippen molar-refractivity contribution < 1.29 is 22.7 Å². The average molecular weight is 298 g/mol. The fourth-order valence-electron chi connectivity index (χ4n) is 1.09. The summed E-state index contributed by atoms with van der Waals surface area (Å²) in [5.74, 6) is -1.61. The number of aromatic nitrogens is 1. The molecular weight excluding hydrogens is 291 g/mol. The molecule has 1 rings (SSSR count). The van der Waals surface area contributed by atoms with E-state index in [1.54, 1.807) is 0 Å². The molecule has 0 saturated carbocycles. The molecule has 0 bridgehead atoms. The van der Waals surface area contributed by atoms with Gasteiger partial charge in [0.1, 0.15) is 0 Å². The Labute approximate surface area is 97.8 Å². The van der Waals surface area contributed by atoms with E-state index in [4.69, 9.17) is 0 Å². The third kappa shape index (κ3) is 2.72. The molecule has 1 aromatic heterocycles. The van der Waals surface area contributed by atoms with E-state index in [9.17, 15) is 18.0 Å². The van der Waals surface area contributed by atoms with Crippen molar-refractivity contribution >= 4 is 21.9 Å². The highest BCUT2D eigenvalue weighted by Crippen LogP contribution is 2.31. The molecule has 16 heavy (non-hydrogen) atoms. The van der Waals surface area contributed by atoms with Crippen molar-refractivity contribution in [1.29, 1.82) is 0 Å². The van der Waals surface area contributed by atoms with E-state index in [2.05, 4.69) is 25.7 Å². The maximum absolute atomic E-state index is 13.0. The van der Waals surface area contributed by atoms with Crippen LogP contribution in [-0.4, -0.2) is 18.1 Å². The first-order valence-electron chi connectivity index (χ1n) is 4.15. The summed E-state index contributed by atoms with van der Waals surface area (Å²) in [6, 6.07) is 0. The first kappa shape index (κ1) is 13.0. The van der Waals surface area contributed by atoms with Crippen molar-refractivity contribution in [3.8, 4) is 0 Å². The zero-order chi connectivity index (χ0) is 12.3. The highest BCUT2D eigenvalue weighted by Gasteiger charge is 2.22. The molecule has 0 N–H and O–H groups in total. The number of nitrogens with zero attached hydrogens (tertiary/aromatic N) is 1. The van der Waals surface area contributed by atoms with Crippen molar-refractivity contribution in [2.24, 2.45) is 0 Å². The molecule has 0 aromatic carbocycles. The number of pyridine rings is 1. The summed E-state index contributed by atoms with van der Waals surface area (Å²) in [5.41, 5.74) is -0.819. The minimum atomic E-state index is -2.92. The quantitative estimate of drug-likeness (QED) is 0.805. The highest BCUT2D eigenvalue weighted by atomic mass is 79.9. The van der Waals surface area contributed by atoms with Gasteiger partial charge in [0.2, 0.25) is 0 Å². The Morgan fingerprint density at radius 2 is 2.25 bits per heavy atom. The third-order valence-corrected chi connectivity index (χ3v) is 2.65. The van der Waals surface area contributed by atoms with Crippen molar-refractivity contribution in [2.75, 3.05) is 7.11 Å². The normalized spacial score (nSPS) is 10.6. The van der Waals surface area contributed by atoms with Gasteiger partial charge in [-0.2, -0.15) is 0 Å². The molecule has 0 amide bonds. The van der Waals surface area contributed by atoms with E-state index >= 15 is 0 Å². The van der Waals surface area contributed by atoms with Gasteiger partial charge in [-0.05, 0) is 15.9 Å². The van der Waals surface area contributed by atoms with Gasteiger partial charge in [-0.3, -0.25) is 9.78 Å². The standard InChI is InChI=1S/C9H7BrF3NO2/c1-16-6(15)2-5-7(9(12)13)8(10)4(11)3-14-5/h3,9H,2H2,1H3. The van der Waals surface area contributed by atoms with Crippen molar-refractivity contribution in [2.45, 2.75) is 12.8 Å². The largest absolute Gasteiger partial charge is 0.469 e. The molecule has 0 spiro atoms. The second kappa shape index (κ2) is 5.29. The molecule has 0 fully saturated rings. The number of hydrogen-bond acceptors (Lipinski definition) is 3. The van der Waals surface area contributed by atoms with E-state index in [1.165, 1.54) is 0 Å². The number of ether oxygens (including phenoxy) is 1. The van der Waals surface area contributed by atoms with E-state index in [0.717, 1.165) is 13.3 Å². The zero-order valence-corrected chi connectivity index (χ0v) is 9.72. The fraction of sp³-hybridized carbons (Fsp3) is 0.333. The number of carbonyl (C=O) groups is 1. The number of halogens is 4. The number of alkyl halides is 2. The van der Waals surface area contributed by atoms with Crippen LogP contribution >= 0.6 is 15.9 Å². The van der Waals surface area contributed by atoms with E-state index < -0.39 is 30.2 Å². The SMILES string of the molecule is COC(=O)Cc1ncc(F)c(Br)c1C(F)F. The van der Waals surface area contributed by atoms with Crippen LogP contribution in [0.15, 0.2) is 10.7 Å². The van der Waals surface area contributed by atoms with Crippen LogP contribution in [0.5, 0.6) is 0 Å². The number of esters is 1. The molecular formula is C9H7BrF3NO2. The molecule has 0 radical (unpaired) electrons. The van der Waals surface area contributed by atoms with Gasteiger partial charge in [0, 0.05) is 0 Å². The fourth-order valence-corrected chi connectivity index (χ4v) is 1.59. The zero-order valence-electron chi connectivity index (χ0n) is 8.14. The molecule has 3 nitrogen and oxygen atoms in total. The summed E-state index contributed by atoms with van der Waals surface area (Å²) in [6.07, 6.45) is -2.57. The second-order valence-electron chi connectivity index (χ2n) is 2.83. The predicted molar refractivity (Wildman–Crippen MR) is 52.6 cm³/mol. The van der Waals surface area contributed by atoms with Crippen LogP contribution in [0.3, 0.4) is 0 Å². The lowest BCUT2D eigenvalue weighted by atomic mass is 10.1. The maximum Gasteiger partial charge on any atom is 0.311 e. The second-order valence-corrected chi connectivity index (χ2v) is 3.63. The molecule has 0 atom stereocenters. The van der Waals surface area contributed by atoms with E-state index in [0.29, 0.717) is 0 Å². The average Bonchev–Trinajstić information content (AvgIpc) is 2.23. The Kier molecular flexibility index (Phi) is 4.28. The Morgan fingerprint density at radius 1 is 1.62 bits per heavy atom. The van der Waals surface area contributed by atoms with Gasteiger partial charge in [0.25, 0.3) is 6.43 Å². The predicted octanol–water partition coefficient (Wildman–Crippen LogP) is 2.64. The van der Waals surface area contributed by atoms with Crippen LogP contribution in [0.4, 0.5) is 13.2 Å². The highest BCUT2D eigenvalue weighted by molar-refractivity contribution is 9.10. The minimum Gasteiger partial charge on any atom is -0.469 e. The minimum absolute atomic E-state index is 0.199. The monoisotopic (exact) mass is 297 g/mol.